The monoisotopic (exact) mass is 276 g/mol. The molecular weight excluding hydrogens is 252 g/mol. The minimum Gasteiger partial charge on any atom is -0.379 e. The van der Waals surface area contributed by atoms with Gasteiger partial charge < -0.3 is 15.8 Å². The Balaban J connectivity index is 1.97. The van der Waals surface area contributed by atoms with Crippen LogP contribution in [0.2, 0.25) is 0 Å². The molecule has 3 N–H and O–H groups in total. The molecule has 1 amide bonds. The lowest BCUT2D eigenvalue weighted by atomic mass is 9.83. The number of primary amides is 1. The van der Waals surface area contributed by atoms with Gasteiger partial charge in [-0.25, -0.2) is 0 Å². The van der Waals surface area contributed by atoms with Crippen LogP contribution in [-0.2, 0) is 15.1 Å². The van der Waals surface area contributed by atoms with E-state index in [-0.39, 0.29) is 6.61 Å². The predicted octanol–water partition coefficient (Wildman–Crippen LogP) is 1.79. The van der Waals surface area contributed by atoms with Gasteiger partial charge >= 0.3 is 0 Å². The fourth-order valence-electron chi connectivity index (χ4n) is 2.62. The molecule has 1 aliphatic rings. The quantitative estimate of drug-likeness (QED) is 0.712. The average molecular weight is 276 g/mol. The molecule has 0 radical (unpaired) electrons. The van der Waals surface area contributed by atoms with Crippen LogP contribution in [0.1, 0.15) is 31.2 Å². The molecule has 1 fully saturated rings. The summed E-state index contributed by atoms with van der Waals surface area (Å²) < 4.78 is 5.75. The third-order valence-electron chi connectivity index (χ3n) is 4.33. The molecule has 0 saturated heterocycles. The summed E-state index contributed by atoms with van der Waals surface area (Å²) in [4.78, 5) is 11.9. The van der Waals surface area contributed by atoms with Crippen LogP contribution in [0, 0.1) is 5.92 Å². The van der Waals surface area contributed by atoms with Gasteiger partial charge in [0.25, 0.3) is 0 Å². The number of nitrogens with one attached hydrogen (secondary N) is 1. The Kier molecular flexibility index (Phi) is 5.15. The molecule has 4 heteroatoms. The zero-order valence-corrected chi connectivity index (χ0v) is 12.1. The van der Waals surface area contributed by atoms with Gasteiger partial charge in [-0.3, -0.25) is 4.79 Å². The summed E-state index contributed by atoms with van der Waals surface area (Å²) in [7, 11) is 1.74. The first-order valence-electron chi connectivity index (χ1n) is 7.31. The van der Waals surface area contributed by atoms with Crippen LogP contribution in [0.15, 0.2) is 30.3 Å². The smallest absolute Gasteiger partial charge is 0.244 e. The van der Waals surface area contributed by atoms with Crippen molar-refractivity contribution in [1.29, 1.82) is 0 Å². The molecule has 0 bridgehead atoms. The maximum Gasteiger partial charge on any atom is 0.244 e. The normalized spacial score (nSPS) is 18.2. The molecule has 2 rings (SSSR count). The van der Waals surface area contributed by atoms with Crippen molar-refractivity contribution in [3.8, 4) is 0 Å². The van der Waals surface area contributed by atoms with E-state index in [1.807, 2.05) is 30.3 Å². The van der Waals surface area contributed by atoms with Crippen molar-refractivity contribution in [2.45, 2.75) is 31.2 Å². The zero-order valence-electron chi connectivity index (χ0n) is 12.1. The molecule has 0 aliphatic heterocycles. The molecule has 0 spiro atoms. The van der Waals surface area contributed by atoms with Crippen molar-refractivity contribution in [3.63, 3.8) is 0 Å². The van der Waals surface area contributed by atoms with E-state index in [4.69, 9.17) is 10.5 Å². The molecule has 1 aromatic carbocycles. The number of rotatable bonds is 8. The van der Waals surface area contributed by atoms with E-state index < -0.39 is 11.4 Å². The molecule has 1 aromatic rings. The number of hydrogen-bond acceptors (Lipinski definition) is 3. The second kappa shape index (κ2) is 6.86. The summed E-state index contributed by atoms with van der Waals surface area (Å²) in [6.45, 7) is 0.962. The van der Waals surface area contributed by atoms with E-state index in [2.05, 4.69) is 5.32 Å². The van der Waals surface area contributed by atoms with E-state index in [1.165, 1.54) is 19.3 Å². The molecule has 4 nitrogen and oxygen atoms in total. The summed E-state index contributed by atoms with van der Waals surface area (Å²) in [5, 5.41) is 3.05. The fraction of sp³-hybridized carbons (Fsp3) is 0.562. The van der Waals surface area contributed by atoms with Gasteiger partial charge in [0.05, 0.1) is 6.61 Å². The van der Waals surface area contributed by atoms with Crippen LogP contribution in [0.4, 0.5) is 0 Å². The number of likely N-dealkylation sites (N-methyl/N-ethyl adjacent to an activating group) is 1. The Morgan fingerprint density at radius 1 is 1.40 bits per heavy atom. The van der Waals surface area contributed by atoms with Crippen LogP contribution in [0.25, 0.3) is 0 Å². The predicted molar refractivity (Wildman–Crippen MR) is 79.2 cm³/mol. The topological polar surface area (TPSA) is 64.3 Å². The Bertz CT molecular complexity index is 431. The SMILES string of the molecule is CNC(COCCC1CCC1)(C(N)=O)c1ccccc1. The van der Waals surface area contributed by atoms with Crippen LogP contribution in [0.3, 0.4) is 0 Å². The van der Waals surface area contributed by atoms with Crippen LogP contribution < -0.4 is 11.1 Å². The van der Waals surface area contributed by atoms with E-state index in [1.54, 1.807) is 7.05 Å². The molecule has 1 unspecified atom stereocenters. The lowest BCUT2D eigenvalue weighted by Crippen LogP contribution is -2.54. The number of benzene rings is 1. The third kappa shape index (κ3) is 3.19. The molecule has 1 saturated carbocycles. The number of carbonyl (C=O) groups is 1. The molecule has 1 atom stereocenters. The third-order valence-corrected chi connectivity index (χ3v) is 4.33. The second-order valence-electron chi connectivity index (χ2n) is 5.52. The number of amides is 1. The Labute approximate surface area is 120 Å². The highest BCUT2D eigenvalue weighted by Gasteiger charge is 2.37. The average Bonchev–Trinajstić information content (AvgIpc) is 2.42. The van der Waals surface area contributed by atoms with Crippen molar-refractivity contribution in [2.24, 2.45) is 11.7 Å². The van der Waals surface area contributed by atoms with E-state index in [0.29, 0.717) is 6.61 Å². The van der Waals surface area contributed by atoms with E-state index >= 15 is 0 Å². The Hall–Kier alpha value is -1.39. The highest BCUT2D eigenvalue weighted by Crippen LogP contribution is 2.29. The summed E-state index contributed by atoms with van der Waals surface area (Å²) >= 11 is 0. The van der Waals surface area contributed by atoms with Crippen LogP contribution >= 0.6 is 0 Å². The standard InChI is InChI=1S/C16H24N2O2/c1-18-16(15(17)19,14-8-3-2-4-9-14)12-20-11-10-13-6-5-7-13/h2-4,8-9,13,18H,5-7,10-12H2,1H3,(H2,17,19). The van der Waals surface area contributed by atoms with Gasteiger partial charge in [0, 0.05) is 6.61 Å². The maximum absolute atomic E-state index is 11.9. The molecule has 20 heavy (non-hydrogen) atoms. The fourth-order valence-corrected chi connectivity index (χ4v) is 2.62. The first-order valence-corrected chi connectivity index (χ1v) is 7.31. The first kappa shape index (κ1) is 15.0. The summed E-state index contributed by atoms with van der Waals surface area (Å²) in [6.07, 6.45) is 5.05. The lowest BCUT2D eigenvalue weighted by Gasteiger charge is -2.31. The summed E-state index contributed by atoms with van der Waals surface area (Å²) in [5.41, 5.74) is 5.51. The number of nitrogens with two attached hydrogens (primary N) is 1. The van der Waals surface area contributed by atoms with Crippen LogP contribution in [0.5, 0.6) is 0 Å². The number of ether oxygens (including phenoxy) is 1. The van der Waals surface area contributed by atoms with Gasteiger partial charge in [-0.15, -0.1) is 0 Å². The Morgan fingerprint density at radius 2 is 2.10 bits per heavy atom. The molecule has 1 aliphatic carbocycles. The molecule has 0 heterocycles. The lowest BCUT2D eigenvalue weighted by molar-refractivity contribution is -0.127. The summed E-state index contributed by atoms with van der Waals surface area (Å²) in [5.74, 6) is 0.402. The maximum atomic E-state index is 11.9. The van der Waals surface area contributed by atoms with Crippen LogP contribution in [-0.4, -0.2) is 26.2 Å². The summed E-state index contributed by atoms with van der Waals surface area (Å²) in [6, 6.07) is 9.52. The van der Waals surface area contributed by atoms with Crippen molar-refractivity contribution in [2.75, 3.05) is 20.3 Å². The largest absolute Gasteiger partial charge is 0.379 e. The first-order chi connectivity index (χ1) is 9.69. The molecule has 0 aromatic heterocycles. The minimum absolute atomic E-state index is 0.273. The second-order valence-corrected chi connectivity index (χ2v) is 5.52. The van der Waals surface area contributed by atoms with Crippen molar-refractivity contribution < 1.29 is 9.53 Å². The van der Waals surface area contributed by atoms with Crippen molar-refractivity contribution in [3.05, 3.63) is 35.9 Å². The number of hydrogen-bond donors (Lipinski definition) is 2. The van der Waals surface area contributed by atoms with E-state index in [9.17, 15) is 4.79 Å². The number of carbonyl (C=O) groups excluding carboxylic acids is 1. The highest BCUT2D eigenvalue weighted by atomic mass is 16.5. The molecule has 110 valence electrons. The van der Waals surface area contributed by atoms with Gasteiger partial charge in [0.2, 0.25) is 5.91 Å². The van der Waals surface area contributed by atoms with Crippen molar-refractivity contribution in [1.82, 2.24) is 5.32 Å². The Morgan fingerprint density at radius 3 is 2.60 bits per heavy atom. The van der Waals surface area contributed by atoms with Gasteiger partial charge in [-0.05, 0) is 24.9 Å². The molecular formula is C16H24N2O2. The minimum atomic E-state index is -0.944. The van der Waals surface area contributed by atoms with Crippen molar-refractivity contribution >= 4 is 5.91 Å². The zero-order chi connectivity index (χ0) is 14.4. The van der Waals surface area contributed by atoms with E-state index in [0.717, 1.165) is 17.9 Å². The van der Waals surface area contributed by atoms with Gasteiger partial charge in [-0.2, -0.15) is 0 Å². The highest BCUT2D eigenvalue weighted by molar-refractivity contribution is 5.86. The van der Waals surface area contributed by atoms with Gasteiger partial charge in [-0.1, -0.05) is 49.6 Å². The van der Waals surface area contributed by atoms with Gasteiger partial charge in [0.15, 0.2) is 0 Å². The van der Waals surface area contributed by atoms with Gasteiger partial charge in [0.1, 0.15) is 5.54 Å².